The predicted molar refractivity (Wildman–Crippen MR) is 93.4 cm³/mol. The van der Waals surface area contributed by atoms with Crippen LogP contribution in [-0.4, -0.2) is 19.3 Å². The fraction of sp³-hybridized carbons (Fsp3) is 0.400. The summed E-state index contributed by atoms with van der Waals surface area (Å²) in [5, 5.41) is 9.69. The van der Waals surface area contributed by atoms with Crippen molar-refractivity contribution in [2.75, 3.05) is 14.2 Å². The molecule has 0 saturated carbocycles. The summed E-state index contributed by atoms with van der Waals surface area (Å²) in [7, 11) is 3.29. The molecule has 124 valence electrons. The molecule has 3 heteroatoms. The maximum atomic E-state index is 9.69. The molecule has 0 bridgehead atoms. The van der Waals surface area contributed by atoms with Gasteiger partial charge in [-0.2, -0.15) is 0 Å². The Hall–Kier alpha value is -2.16. The Morgan fingerprint density at radius 1 is 0.870 bits per heavy atom. The minimum atomic E-state index is 0.186. The van der Waals surface area contributed by atoms with Crippen molar-refractivity contribution in [2.24, 2.45) is 11.8 Å². The Labute approximate surface area is 138 Å². The molecular weight excluding hydrogens is 288 g/mol. The number of ether oxygens (including phenoxy) is 2. The van der Waals surface area contributed by atoms with Gasteiger partial charge in [-0.3, -0.25) is 0 Å². The van der Waals surface area contributed by atoms with E-state index in [1.165, 1.54) is 11.1 Å². The predicted octanol–water partition coefficient (Wildman–Crippen LogP) is 4.47. The Morgan fingerprint density at radius 2 is 1.52 bits per heavy atom. The molecule has 0 amide bonds. The Balaban J connectivity index is 2.03. The van der Waals surface area contributed by atoms with Crippen LogP contribution in [-0.2, 0) is 12.8 Å². The average molecular weight is 314 g/mol. The molecular formula is C20H26O3. The highest BCUT2D eigenvalue weighted by molar-refractivity contribution is 5.42. The summed E-state index contributed by atoms with van der Waals surface area (Å²) in [5.41, 5.74) is 2.43. The highest BCUT2D eigenvalue weighted by Crippen LogP contribution is 2.30. The summed E-state index contributed by atoms with van der Waals surface area (Å²) in [6.45, 7) is 4.54. The number of para-hydroxylation sites is 1. The zero-order chi connectivity index (χ0) is 16.8. The molecule has 0 aliphatic carbocycles. The van der Waals surface area contributed by atoms with Crippen molar-refractivity contribution in [3.63, 3.8) is 0 Å². The maximum Gasteiger partial charge on any atom is 0.160 e. The molecule has 23 heavy (non-hydrogen) atoms. The SMILES string of the molecule is COc1cc(C[C@@H](C)[C@H](C)Cc2ccccc2OC)ccc1O. The molecule has 0 spiro atoms. The summed E-state index contributed by atoms with van der Waals surface area (Å²) in [6, 6.07) is 13.8. The second-order valence-electron chi connectivity index (χ2n) is 6.18. The third kappa shape index (κ3) is 4.41. The number of rotatable bonds is 7. The molecule has 2 rings (SSSR count). The van der Waals surface area contributed by atoms with E-state index in [9.17, 15) is 5.11 Å². The molecule has 0 unspecified atom stereocenters. The third-order valence-electron chi connectivity index (χ3n) is 4.51. The van der Waals surface area contributed by atoms with E-state index in [-0.39, 0.29) is 5.75 Å². The first kappa shape index (κ1) is 17.2. The van der Waals surface area contributed by atoms with Crippen LogP contribution in [0.5, 0.6) is 17.2 Å². The van der Waals surface area contributed by atoms with Crippen molar-refractivity contribution in [3.05, 3.63) is 53.6 Å². The van der Waals surface area contributed by atoms with Gasteiger partial charge in [0.2, 0.25) is 0 Å². The van der Waals surface area contributed by atoms with Crippen molar-refractivity contribution in [3.8, 4) is 17.2 Å². The molecule has 1 N–H and O–H groups in total. The first-order valence-corrected chi connectivity index (χ1v) is 8.03. The summed E-state index contributed by atoms with van der Waals surface area (Å²) >= 11 is 0. The Kier molecular flexibility index (Phi) is 5.91. The number of benzene rings is 2. The van der Waals surface area contributed by atoms with E-state index in [2.05, 4.69) is 26.0 Å². The van der Waals surface area contributed by atoms with Crippen LogP contribution < -0.4 is 9.47 Å². The Morgan fingerprint density at radius 3 is 2.22 bits per heavy atom. The van der Waals surface area contributed by atoms with E-state index in [1.807, 2.05) is 24.3 Å². The number of hydrogen-bond acceptors (Lipinski definition) is 3. The lowest BCUT2D eigenvalue weighted by Crippen LogP contribution is -2.14. The van der Waals surface area contributed by atoms with Gasteiger partial charge in [-0.1, -0.05) is 38.1 Å². The van der Waals surface area contributed by atoms with Crippen LogP contribution in [0.1, 0.15) is 25.0 Å². The molecule has 2 atom stereocenters. The van der Waals surface area contributed by atoms with Crippen LogP contribution >= 0.6 is 0 Å². The summed E-state index contributed by atoms with van der Waals surface area (Å²) in [4.78, 5) is 0. The molecule has 2 aromatic carbocycles. The minimum absolute atomic E-state index is 0.186. The highest BCUT2D eigenvalue weighted by atomic mass is 16.5. The van der Waals surface area contributed by atoms with Crippen molar-refractivity contribution in [1.29, 1.82) is 0 Å². The highest BCUT2D eigenvalue weighted by Gasteiger charge is 2.16. The molecule has 0 radical (unpaired) electrons. The van der Waals surface area contributed by atoms with Crippen LogP contribution in [0.25, 0.3) is 0 Å². The molecule has 0 saturated heterocycles. The molecule has 3 nitrogen and oxygen atoms in total. The molecule has 2 aromatic rings. The molecule has 0 aromatic heterocycles. The number of methoxy groups -OCH3 is 2. The normalized spacial score (nSPS) is 13.4. The lowest BCUT2D eigenvalue weighted by molar-refractivity contribution is 0.362. The fourth-order valence-corrected chi connectivity index (χ4v) is 2.84. The first-order valence-electron chi connectivity index (χ1n) is 8.03. The lowest BCUT2D eigenvalue weighted by atomic mass is 9.85. The zero-order valence-corrected chi connectivity index (χ0v) is 14.4. The fourth-order valence-electron chi connectivity index (χ4n) is 2.84. The van der Waals surface area contributed by atoms with Crippen LogP contribution in [0.4, 0.5) is 0 Å². The molecule has 0 heterocycles. The van der Waals surface area contributed by atoms with Crippen molar-refractivity contribution >= 4 is 0 Å². The van der Waals surface area contributed by atoms with Crippen molar-refractivity contribution in [1.82, 2.24) is 0 Å². The van der Waals surface area contributed by atoms with Gasteiger partial charge in [0.1, 0.15) is 5.75 Å². The van der Waals surface area contributed by atoms with Crippen LogP contribution in [0, 0.1) is 11.8 Å². The topological polar surface area (TPSA) is 38.7 Å². The summed E-state index contributed by atoms with van der Waals surface area (Å²) < 4.78 is 10.6. The van der Waals surface area contributed by atoms with Gasteiger partial charge in [0.25, 0.3) is 0 Å². The van der Waals surface area contributed by atoms with Gasteiger partial charge in [-0.25, -0.2) is 0 Å². The largest absolute Gasteiger partial charge is 0.504 e. The van der Waals surface area contributed by atoms with Gasteiger partial charge in [0.05, 0.1) is 14.2 Å². The van der Waals surface area contributed by atoms with Gasteiger partial charge in [-0.05, 0) is 54.0 Å². The number of hydrogen-bond donors (Lipinski definition) is 1. The van der Waals surface area contributed by atoms with Gasteiger partial charge in [0.15, 0.2) is 11.5 Å². The average Bonchev–Trinajstić information content (AvgIpc) is 2.56. The van der Waals surface area contributed by atoms with Crippen molar-refractivity contribution in [2.45, 2.75) is 26.7 Å². The van der Waals surface area contributed by atoms with Gasteiger partial charge < -0.3 is 14.6 Å². The number of phenolic OH excluding ortho intramolecular Hbond substituents is 1. The number of phenols is 1. The lowest BCUT2D eigenvalue weighted by Gasteiger charge is -2.21. The summed E-state index contributed by atoms with van der Waals surface area (Å²) in [6.07, 6.45) is 1.94. The minimum Gasteiger partial charge on any atom is -0.504 e. The summed E-state index contributed by atoms with van der Waals surface area (Å²) in [5.74, 6) is 2.70. The second-order valence-corrected chi connectivity index (χ2v) is 6.18. The smallest absolute Gasteiger partial charge is 0.160 e. The van der Waals surface area contributed by atoms with E-state index in [1.54, 1.807) is 20.3 Å². The van der Waals surface area contributed by atoms with E-state index >= 15 is 0 Å². The van der Waals surface area contributed by atoms with Crippen LogP contribution in [0.2, 0.25) is 0 Å². The zero-order valence-electron chi connectivity index (χ0n) is 14.4. The van der Waals surface area contributed by atoms with Gasteiger partial charge in [0, 0.05) is 0 Å². The third-order valence-corrected chi connectivity index (χ3v) is 4.51. The first-order chi connectivity index (χ1) is 11.0. The molecule has 0 fully saturated rings. The van der Waals surface area contributed by atoms with Crippen molar-refractivity contribution < 1.29 is 14.6 Å². The standard InChI is InChI=1S/C20H26O3/c1-14(11-16-9-10-18(21)20(13-16)23-4)15(2)12-17-7-5-6-8-19(17)22-3/h5-10,13-15,21H,11-12H2,1-4H3/t14-,15-/m1/s1. The van der Waals surface area contributed by atoms with Gasteiger partial charge >= 0.3 is 0 Å². The van der Waals surface area contributed by atoms with Crippen LogP contribution in [0.3, 0.4) is 0 Å². The van der Waals surface area contributed by atoms with E-state index in [0.717, 1.165) is 18.6 Å². The quantitative estimate of drug-likeness (QED) is 0.819. The second kappa shape index (κ2) is 7.91. The monoisotopic (exact) mass is 314 g/mol. The molecule has 0 aliphatic heterocycles. The maximum absolute atomic E-state index is 9.69. The van der Waals surface area contributed by atoms with Gasteiger partial charge in [-0.15, -0.1) is 0 Å². The van der Waals surface area contributed by atoms with E-state index in [0.29, 0.717) is 17.6 Å². The van der Waals surface area contributed by atoms with E-state index in [4.69, 9.17) is 9.47 Å². The van der Waals surface area contributed by atoms with E-state index < -0.39 is 0 Å². The number of aromatic hydroxyl groups is 1. The Bertz CT molecular complexity index is 637. The van der Waals surface area contributed by atoms with Crippen LogP contribution in [0.15, 0.2) is 42.5 Å². The molecule has 0 aliphatic rings.